The zero-order valence-corrected chi connectivity index (χ0v) is 17.0. The molecule has 2 aromatic rings. The zero-order chi connectivity index (χ0) is 19.5. The van der Waals surface area contributed by atoms with Crippen LogP contribution in [0.15, 0.2) is 36.4 Å². The lowest BCUT2D eigenvalue weighted by atomic mass is 10.1. The fourth-order valence-electron chi connectivity index (χ4n) is 2.33. The van der Waals surface area contributed by atoms with Crippen molar-refractivity contribution >= 4 is 44.8 Å². The predicted octanol–water partition coefficient (Wildman–Crippen LogP) is 3.69. The summed E-state index contributed by atoms with van der Waals surface area (Å²) in [6.45, 7) is 3.69. The molecule has 0 aliphatic rings. The van der Waals surface area contributed by atoms with Gasteiger partial charge in [-0.2, -0.15) is 0 Å². The molecular weight excluding hydrogens is 395 g/mol. The number of hydrogen-bond acceptors (Lipinski definition) is 3. The van der Waals surface area contributed by atoms with E-state index in [1.807, 2.05) is 19.9 Å². The first-order valence-corrected chi connectivity index (χ1v) is 10.4. The van der Waals surface area contributed by atoms with E-state index < -0.39 is 15.9 Å². The third-order valence-corrected chi connectivity index (χ3v) is 5.68. The molecular formula is C18H20Cl2N2O3S. The number of aryl methyl sites for hydroxylation is 2. The summed E-state index contributed by atoms with van der Waals surface area (Å²) in [4.78, 5) is 12.3. The Morgan fingerprint density at radius 2 is 1.77 bits per heavy atom. The highest BCUT2D eigenvalue weighted by molar-refractivity contribution is 7.92. The maximum absolute atomic E-state index is 12.3. The highest BCUT2D eigenvalue weighted by Gasteiger charge is 2.21. The number of sulfonamides is 1. The van der Waals surface area contributed by atoms with Crippen LogP contribution in [0.3, 0.4) is 0 Å². The van der Waals surface area contributed by atoms with Gasteiger partial charge in [0.05, 0.1) is 11.9 Å². The molecule has 0 atom stereocenters. The van der Waals surface area contributed by atoms with E-state index in [1.165, 1.54) is 0 Å². The van der Waals surface area contributed by atoms with Gasteiger partial charge in [-0.1, -0.05) is 35.3 Å². The first-order valence-electron chi connectivity index (χ1n) is 7.83. The minimum Gasteiger partial charge on any atom is -0.350 e. The van der Waals surface area contributed by atoms with Crippen molar-refractivity contribution in [2.45, 2.75) is 20.4 Å². The number of rotatable bonds is 6. The molecule has 140 valence electrons. The van der Waals surface area contributed by atoms with Crippen molar-refractivity contribution < 1.29 is 13.2 Å². The number of anilines is 1. The van der Waals surface area contributed by atoms with Crippen LogP contribution in [0.2, 0.25) is 10.0 Å². The van der Waals surface area contributed by atoms with Gasteiger partial charge in [-0.05, 0) is 54.8 Å². The van der Waals surface area contributed by atoms with Crippen molar-refractivity contribution in [3.05, 3.63) is 63.1 Å². The number of hydrogen-bond donors (Lipinski definition) is 1. The molecule has 0 unspecified atom stereocenters. The Kier molecular flexibility index (Phi) is 6.55. The van der Waals surface area contributed by atoms with Gasteiger partial charge in [0.1, 0.15) is 6.54 Å². The van der Waals surface area contributed by atoms with E-state index in [9.17, 15) is 13.2 Å². The largest absolute Gasteiger partial charge is 0.350 e. The van der Waals surface area contributed by atoms with Gasteiger partial charge in [-0.15, -0.1) is 0 Å². The molecule has 0 aliphatic heterocycles. The summed E-state index contributed by atoms with van der Waals surface area (Å²) >= 11 is 11.9. The van der Waals surface area contributed by atoms with Crippen LogP contribution in [0.5, 0.6) is 0 Å². The third kappa shape index (κ3) is 5.37. The average molecular weight is 415 g/mol. The Morgan fingerprint density at radius 3 is 2.35 bits per heavy atom. The maximum Gasteiger partial charge on any atom is 0.241 e. The predicted molar refractivity (Wildman–Crippen MR) is 106 cm³/mol. The summed E-state index contributed by atoms with van der Waals surface area (Å²) in [5.74, 6) is -0.431. The van der Waals surface area contributed by atoms with E-state index in [1.54, 1.807) is 30.3 Å². The first kappa shape index (κ1) is 20.6. The Morgan fingerprint density at radius 1 is 1.08 bits per heavy atom. The van der Waals surface area contributed by atoms with E-state index in [-0.39, 0.29) is 13.1 Å². The van der Waals surface area contributed by atoms with Crippen LogP contribution in [0.4, 0.5) is 5.69 Å². The normalized spacial score (nSPS) is 11.3. The molecule has 0 radical (unpaired) electrons. The van der Waals surface area contributed by atoms with E-state index in [2.05, 4.69) is 5.32 Å². The molecule has 0 fully saturated rings. The number of halogens is 2. The number of nitrogens with one attached hydrogen (secondary N) is 1. The minimum atomic E-state index is -3.61. The lowest BCUT2D eigenvalue weighted by Gasteiger charge is -2.22. The maximum atomic E-state index is 12.3. The van der Waals surface area contributed by atoms with Gasteiger partial charge >= 0.3 is 0 Å². The molecule has 0 aromatic heterocycles. The number of benzene rings is 2. The Hall–Kier alpha value is -1.76. The van der Waals surface area contributed by atoms with Crippen LogP contribution in [0.1, 0.15) is 16.7 Å². The van der Waals surface area contributed by atoms with Gasteiger partial charge in [-0.25, -0.2) is 8.42 Å². The molecule has 0 heterocycles. The molecule has 26 heavy (non-hydrogen) atoms. The summed E-state index contributed by atoms with van der Waals surface area (Å²) < 4.78 is 25.4. The molecule has 0 aliphatic carbocycles. The molecule has 0 spiro atoms. The number of carbonyl (C=O) groups is 1. The van der Waals surface area contributed by atoms with Gasteiger partial charge < -0.3 is 5.32 Å². The quantitative estimate of drug-likeness (QED) is 0.783. The second-order valence-corrected chi connectivity index (χ2v) is 8.80. The molecule has 0 saturated carbocycles. The summed E-state index contributed by atoms with van der Waals surface area (Å²) in [5.41, 5.74) is 3.14. The Balaban J connectivity index is 2.13. The zero-order valence-electron chi connectivity index (χ0n) is 14.7. The number of carbonyl (C=O) groups excluding carboxylic acids is 1. The monoisotopic (exact) mass is 414 g/mol. The fourth-order valence-corrected chi connectivity index (χ4v) is 3.65. The van der Waals surface area contributed by atoms with Gasteiger partial charge in [0.25, 0.3) is 0 Å². The van der Waals surface area contributed by atoms with Crippen LogP contribution < -0.4 is 9.62 Å². The van der Waals surface area contributed by atoms with Gasteiger partial charge in [0, 0.05) is 16.6 Å². The minimum absolute atomic E-state index is 0.180. The van der Waals surface area contributed by atoms with Crippen LogP contribution in [0.25, 0.3) is 0 Å². The second kappa shape index (κ2) is 8.29. The molecule has 5 nitrogen and oxygen atoms in total. The van der Waals surface area contributed by atoms with Crippen molar-refractivity contribution in [3.8, 4) is 0 Å². The summed E-state index contributed by atoms with van der Waals surface area (Å²) in [5, 5.41) is 3.62. The van der Waals surface area contributed by atoms with E-state index in [0.29, 0.717) is 21.3 Å². The van der Waals surface area contributed by atoms with Crippen molar-refractivity contribution in [3.63, 3.8) is 0 Å². The second-order valence-electron chi connectivity index (χ2n) is 6.05. The summed E-state index contributed by atoms with van der Waals surface area (Å²) in [6.07, 6.45) is 1.07. The van der Waals surface area contributed by atoms with Crippen LogP contribution in [0, 0.1) is 13.8 Å². The summed E-state index contributed by atoms with van der Waals surface area (Å²) in [6, 6.07) is 10.2. The van der Waals surface area contributed by atoms with Crippen molar-refractivity contribution in [1.82, 2.24) is 5.32 Å². The highest BCUT2D eigenvalue weighted by Crippen LogP contribution is 2.22. The average Bonchev–Trinajstić information content (AvgIpc) is 2.53. The molecule has 2 aromatic carbocycles. The first-order chi connectivity index (χ1) is 12.1. The van der Waals surface area contributed by atoms with E-state index in [4.69, 9.17) is 23.2 Å². The van der Waals surface area contributed by atoms with Gasteiger partial charge in [-0.3, -0.25) is 9.10 Å². The number of nitrogens with zero attached hydrogens (tertiary/aromatic N) is 1. The van der Waals surface area contributed by atoms with Crippen molar-refractivity contribution in [2.75, 3.05) is 17.1 Å². The smallest absolute Gasteiger partial charge is 0.241 e. The van der Waals surface area contributed by atoms with Crippen LogP contribution in [-0.4, -0.2) is 27.1 Å². The van der Waals surface area contributed by atoms with E-state index >= 15 is 0 Å². The Bertz CT molecular complexity index is 930. The SMILES string of the molecule is Cc1ccc(N(CC(=O)NCc2ccc(Cl)cc2Cl)S(C)(=O)=O)cc1C. The van der Waals surface area contributed by atoms with Crippen molar-refractivity contribution in [1.29, 1.82) is 0 Å². The molecule has 0 saturated heterocycles. The number of amides is 1. The topological polar surface area (TPSA) is 66.5 Å². The molecule has 1 amide bonds. The van der Waals surface area contributed by atoms with E-state index in [0.717, 1.165) is 21.7 Å². The fraction of sp³-hybridized carbons (Fsp3) is 0.278. The lowest BCUT2D eigenvalue weighted by Crippen LogP contribution is -2.40. The highest BCUT2D eigenvalue weighted by atomic mass is 35.5. The Labute approximate surface area is 164 Å². The van der Waals surface area contributed by atoms with Crippen LogP contribution >= 0.6 is 23.2 Å². The molecule has 0 bridgehead atoms. The van der Waals surface area contributed by atoms with Gasteiger partial charge in [0.15, 0.2) is 0 Å². The third-order valence-electron chi connectivity index (χ3n) is 3.96. The van der Waals surface area contributed by atoms with Gasteiger partial charge in [0.2, 0.25) is 15.9 Å². The van der Waals surface area contributed by atoms with Crippen LogP contribution in [-0.2, 0) is 21.4 Å². The molecule has 8 heteroatoms. The molecule has 2 rings (SSSR count). The van der Waals surface area contributed by atoms with Crippen molar-refractivity contribution in [2.24, 2.45) is 0 Å². The summed E-state index contributed by atoms with van der Waals surface area (Å²) in [7, 11) is -3.61. The lowest BCUT2D eigenvalue weighted by molar-refractivity contribution is -0.119. The standard InChI is InChI=1S/C18H20Cl2N2O3S/c1-12-4-7-16(8-13(12)2)22(26(3,24)25)11-18(23)21-10-14-5-6-15(19)9-17(14)20/h4-9H,10-11H2,1-3H3,(H,21,23). The molecule has 1 N–H and O–H groups in total.